The molecular formula is C14H21N3O2S. The van der Waals surface area contributed by atoms with Crippen molar-refractivity contribution in [3.05, 3.63) is 10.6 Å². The highest BCUT2D eigenvalue weighted by Crippen LogP contribution is 2.39. The highest BCUT2D eigenvalue weighted by molar-refractivity contribution is 7.15. The third-order valence-corrected chi connectivity index (χ3v) is 5.50. The van der Waals surface area contributed by atoms with Gasteiger partial charge in [0.25, 0.3) is 0 Å². The van der Waals surface area contributed by atoms with Gasteiger partial charge in [-0.05, 0) is 38.8 Å². The number of piperidine rings is 1. The monoisotopic (exact) mass is 295 g/mol. The summed E-state index contributed by atoms with van der Waals surface area (Å²) in [6.45, 7) is 4.46. The number of rotatable bonds is 3. The fourth-order valence-corrected chi connectivity index (χ4v) is 4.36. The number of carboxylic acid groups (broad SMARTS) is 1. The number of aliphatic carboxylic acids is 1. The fraction of sp³-hybridized carbons (Fsp3) is 0.714. The second-order valence-electron chi connectivity index (χ2n) is 6.04. The smallest absolute Gasteiger partial charge is 0.312 e. The van der Waals surface area contributed by atoms with Gasteiger partial charge in [-0.3, -0.25) is 4.79 Å². The molecule has 1 aromatic rings. The number of thiazole rings is 1. The second-order valence-corrected chi connectivity index (χ2v) is 7.12. The third-order valence-electron chi connectivity index (χ3n) is 4.43. The highest BCUT2D eigenvalue weighted by Gasteiger charge is 2.33. The molecule has 5 nitrogen and oxygen atoms in total. The van der Waals surface area contributed by atoms with Gasteiger partial charge in [0.05, 0.1) is 5.69 Å². The maximum atomic E-state index is 11.2. The molecule has 0 spiro atoms. The van der Waals surface area contributed by atoms with Gasteiger partial charge in [0.2, 0.25) is 0 Å². The average Bonchev–Trinajstić information content (AvgIpc) is 2.91. The minimum Gasteiger partial charge on any atom is -0.481 e. The molecule has 6 heteroatoms. The lowest BCUT2D eigenvalue weighted by Crippen LogP contribution is -2.43. The van der Waals surface area contributed by atoms with Crippen LogP contribution >= 0.6 is 11.3 Å². The van der Waals surface area contributed by atoms with Crippen LogP contribution in [0.2, 0.25) is 0 Å². The Morgan fingerprint density at radius 3 is 3.00 bits per heavy atom. The maximum absolute atomic E-state index is 11.2. The van der Waals surface area contributed by atoms with Crippen molar-refractivity contribution in [1.82, 2.24) is 9.88 Å². The van der Waals surface area contributed by atoms with Crippen LogP contribution in [-0.2, 0) is 11.2 Å². The molecule has 0 bridgehead atoms. The molecule has 2 heterocycles. The average molecular weight is 295 g/mol. The van der Waals surface area contributed by atoms with Crippen molar-refractivity contribution in [1.29, 1.82) is 0 Å². The zero-order valence-electron chi connectivity index (χ0n) is 11.9. The Morgan fingerprint density at radius 2 is 2.30 bits per heavy atom. The Kier molecular flexibility index (Phi) is 3.69. The van der Waals surface area contributed by atoms with Crippen LogP contribution in [-0.4, -0.2) is 47.1 Å². The molecule has 1 aromatic heterocycles. The lowest BCUT2D eigenvalue weighted by molar-refractivity contribution is -0.138. The van der Waals surface area contributed by atoms with E-state index < -0.39 is 11.9 Å². The fourth-order valence-electron chi connectivity index (χ4n) is 3.26. The van der Waals surface area contributed by atoms with Crippen LogP contribution in [0.25, 0.3) is 0 Å². The zero-order valence-corrected chi connectivity index (χ0v) is 12.7. The summed E-state index contributed by atoms with van der Waals surface area (Å²) in [5.41, 5.74) is 0.797. The van der Waals surface area contributed by atoms with Crippen molar-refractivity contribution in [3.8, 4) is 0 Å². The van der Waals surface area contributed by atoms with E-state index in [9.17, 15) is 9.90 Å². The van der Waals surface area contributed by atoms with E-state index in [1.165, 1.54) is 0 Å². The van der Waals surface area contributed by atoms with Gasteiger partial charge in [0.15, 0.2) is 5.13 Å². The Balaban J connectivity index is 1.70. The van der Waals surface area contributed by atoms with Crippen LogP contribution in [0.1, 0.15) is 36.3 Å². The van der Waals surface area contributed by atoms with Crippen molar-refractivity contribution in [3.63, 3.8) is 0 Å². The van der Waals surface area contributed by atoms with Gasteiger partial charge in [-0.15, -0.1) is 11.3 Å². The standard InChI is InChI=1S/C14H21N3O2S/c1-8-7-17(2)6-5-10(8)15-14-16-12-9(13(18)19)3-4-11(12)20-14/h8-10H,3-7H2,1-2H3,(H,15,16)(H,18,19). The van der Waals surface area contributed by atoms with Gasteiger partial charge in [0.1, 0.15) is 5.92 Å². The summed E-state index contributed by atoms with van der Waals surface area (Å²) in [7, 11) is 2.15. The molecule has 0 aromatic carbocycles. The number of aryl methyl sites for hydroxylation is 1. The first-order valence-electron chi connectivity index (χ1n) is 7.22. The lowest BCUT2D eigenvalue weighted by atomic mass is 9.94. The Labute approximate surface area is 123 Å². The van der Waals surface area contributed by atoms with E-state index in [1.807, 2.05) is 0 Å². The lowest BCUT2D eigenvalue weighted by Gasteiger charge is -2.35. The first-order chi connectivity index (χ1) is 9.54. The molecule has 0 amide bonds. The number of likely N-dealkylation sites (tertiary alicyclic amines) is 1. The molecule has 0 saturated carbocycles. The topological polar surface area (TPSA) is 65.5 Å². The molecule has 1 aliphatic carbocycles. The summed E-state index contributed by atoms with van der Waals surface area (Å²) in [6, 6.07) is 0.445. The van der Waals surface area contributed by atoms with Gasteiger partial charge in [-0.1, -0.05) is 6.92 Å². The number of carbonyl (C=O) groups is 1. The van der Waals surface area contributed by atoms with Crippen LogP contribution < -0.4 is 5.32 Å². The van der Waals surface area contributed by atoms with E-state index in [4.69, 9.17) is 0 Å². The van der Waals surface area contributed by atoms with Crippen LogP contribution in [0.4, 0.5) is 5.13 Å². The van der Waals surface area contributed by atoms with Gasteiger partial charge < -0.3 is 15.3 Å². The molecule has 3 atom stereocenters. The van der Waals surface area contributed by atoms with Crippen molar-refractivity contribution >= 4 is 22.4 Å². The van der Waals surface area contributed by atoms with E-state index in [0.29, 0.717) is 18.4 Å². The predicted molar refractivity (Wildman–Crippen MR) is 79.5 cm³/mol. The number of anilines is 1. The van der Waals surface area contributed by atoms with E-state index in [0.717, 1.165) is 41.6 Å². The first kappa shape index (κ1) is 13.8. The summed E-state index contributed by atoms with van der Waals surface area (Å²) in [5.74, 6) is -0.553. The molecule has 20 heavy (non-hydrogen) atoms. The summed E-state index contributed by atoms with van der Waals surface area (Å²) in [6.07, 6.45) is 2.67. The molecule has 0 radical (unpaired) electrons. The number of nitrogens with one attached hydrogen (secondary N) is 1. The number of carboxylic acids is 1. The summed E-state index contributed by atoms with van der Waals surface area (Å²) < 4.78 is 0. The van der Waals surface area contributed by atoms with Crippen molar-refractivity contribution < 1.29 is 9.90 Å². The van der Waals surface area contributed by atoms with E-state index in [-0.39, 0.29) is 0 Å². The second kappa shape index (κ2) is 5.33. The quantitative estimate of drug-likeness (QED) is 0.893. The van der Waals surface area contributed by atoms with Crippen molar-refractivity contribution in [2.24, 2.45) is 5.92 Å². The SMILES string of the molecule is CC1CN(C)CCC1Nc1nc2c(s1)CCC2C(=O)O. The molecule has 1 saturated heterocycles. The van der Waals surface area contributed by atoms with Crippen LogP contribution in [0.5, 0.6) is 0 Å². The molecule has 110 valence electrons. The largest absolute Gasteiger partial charge is 0.481 e. The third kappa shape index (κ3) is 2.54. The Bertz CT molecular complexity index is 517. The first-order valence-corrected chi connectivity index (χ1v) is 8.03. The Morgan fingerprint density at radius 1 is 1.50 bits per heavy atom. The minimum atomic E-state index is -0.742. The van der Waals surface area contributed by atoms with Crippen LogP contribution in [0, 0.1) is 5.92 Å². The Hall–Kier alpha value is -1.14. The molecule has 3 unspecified atom stereocenters. The van der Waals surface area contributed by atoms with Gasteiger partial charge >= 0.3 is 5.97 Å². The van der Waals surface area contributed by atoms with Crippen LogP contribution in [0.15, 0.2) is 0 Å². The number of fused-ring (bicyclic) bond motifs is 1. The highest BCUT2D eigenvalue weighted by atomic mass is 32.1. The zero-order chi connectivity index (χ0) is 14.3. The summed E-state index contributed by atoms with van der Waals surface area (Å²) in [4.78, 5) is 19.2. The molecule has 2 aliphatic rings. The van der Waals surface area contributed by atoms with Gasteiger partial charge in [-0.2, -0.15) is 0 Å². The number of nitrogens with zero attached hydrogens (tertiary/aromatic N) is 2. The minimum absolute atomic E-state index is 0.397. The molecule has 3 rings (SSSR count). The molecule has 1 fully saturated rings. The summed E-state index contributed by atoms with van der Waals surface area (Å²) in [5, 5.41) is 13.6. The van der Waals surface area contributed by atoms with Gasteiger partial charge in [-0.25, -0.2) is 4.98 Å². The summed E-state index contributed by atoms with van der Waals surface area (Å²) >= 11 is 1.64. The number of aromatic nitrogens is 1. The normalized spacial score (nSPS) is 30.2. The van der Waals surface area contributed by atoms with Crippen molar-refractivity contribution in [2.75, 3.05) is 25.5 Å². The van der Waals surface area contributed by atoms with E-state index in [2.05, 4.69) is 29.2 Å². The van der Waals surface area contributed by atoms with Gasteiger partial charge in [0, 0.05) is 17.5 Å². The number of hydrogen-bond donors (Lipinski definition) is 2. The molecule has 2 N–H and O–H groups in total. The maximum Gasteiger partial charge on any atom is 0.312 e. The van der Waals surface area contributed by atoms with Crippen LogP contribution in [0.3, 0.4) is 0 Å². The van der Waals surface area contributed by atoms with E-state index >= 15 is 0 Å². The molecular weight excluding hydrogens is 274 g/mol. The predicted octanol–water partition coefficient (Wildman–Crippen LogP) is 2.01. The number of hydrogen-bond acceptors (Lipinski definition) is 5. The van der Waals surface area contributed by atoms with E-state index in [1.54, 1.807) is 11.3 Å². The molecule has 1 aliphatic heterocycles. The van der Waals surface area contributed by atoms with Crippen molar-refractivity contribution in [2.45, 2.75) is 38.1 Å².